The molecule has 0 radical (unpaired) electrons. The largest absolute Gasteiger partial charge is 0.433 e. The van der Waals surface area contributed by atoms with Crippen molar-refractivity contribution in [2.24, 2.45) is 0 Å². The van der Waals surface area contributed by atoms with Crippen LogP contribution in [0.5, 0.6) is 0 Å². The molecule has 1 heterocycles. The molecule has 0 atom stereocenters. The van der Waals surface area contributed by atoms with E-state index in [0.29, 0.717) is 6.07 Å². The van der Waals surface area contributed by atoms with Gasteiger partial charge in [0.1, 0.15) is 15.7 Å². The Morgan fingerprint density at radius 1 is 1.37 bits per heavy atom. The van der Waals surface area contributed by atoms with Gasteiger partial charge in [-0.25, -0.2) is 18.4 Å². The molecule has 0 aliphatic carbocycles. The Morgan fingerprint density at radius 3 is 2.53 bits per heavy atom. The number of rotatable bonds is 5. The molecule has 1 N–H and O–H groups in total. The van der Waals surface area contributed by atoms with Gasteiger partial charge in [-0.05, 0) is 18.0 Å². The van der Waals surface area contributed by atoms with Gasteiger partial charge in [-0.2, -0.15) is 13.2 Å². The number of anilines is 1. The fraction of sp³-hybridized carbons (Fsp3) is 0.556. The maximum absolute atomic E-state index is 12.4. The minimum absolute atomic E-state index is 0.0645. The zero-order chi connectivity index (χ0) is 14.7. The molecule has 1 aromatic heterocycles. The summed E-state index contributed by atoms with van der Waals surface area (Å²) >= 11 is 5.38. The first-order valence-corrected chi connectivity index (χ1v) is 7.55. The Balaban J connectivity index is 2.67. The van der Waals surface area contributed by atoms with Crippen LogP contribution in [0.3, 0.4) is 0 Å². The first-order valence-electron chi connectivity index (χ1n) is 5.11. The van der Waals surface area contributed by atoms with Crippen molar-refractivity contribution in [2.45, 2.75) is 12.6 Å². The Labute approximate surface area is 113 Å². The van der Waals surface area contributed by atoms with Crippen LogP contribution in [-0.2, 0) is 16.0 Å². The molecule has 5 nitrogen and oxygen atoms in total. The maximum atomic E-state index is 12.4. The molecular formula is C9H11ClF3N3O2S. The second-order valence-corrected chi connectivity index (χ2v) is 6.41. The van der Waals surface area contributed by atoms with E-state index in [2.05, 4.69) is 15.3 Å². The Kier molecular flexibility index (Phi) is 4.97. The lowest BCUT2D eigenvalue weighted by molar-refractivity contribution is -0.141. The van der Waals surface area contributed by atoms with E-state index in [4.69, 9.17) is 11.6 Å². The normalized spacial score (nSPS) is 12.5. The van der Waals surface area contributed by atoms with Crippen LogP contribution in [0.25, 0.3) is 0 Å². The average molecular weight is 318 g/mol. The summed E-state index contributed by atoms with van der Waals surface area (Å²) in [6.45, 7) is 0.164. The number of hydrogen-bond acceptors (Lipinski definition) is 5. The van der Waals surface area contributed by atoms with Gasteiger partial charge in [-0.15, -0.1) is 0 Å². The molecule has 0 amide bonds. The highest BCUT2D eigenvalue weighted by molar-refractivity contribution is 7.90. The SMILES string of the molecule is CS(=O)(=O)CCCNc1cc(C(F)(F)F)nc(Cl)n1. The fourth-order valence-electron chi connectivity index (χ4n) is 1.20. The minimum atomic E-state index is -4.62. The van der Waals surface area contributed by atoms with Crippen molar-refractivity contribution in [3.63, 3.8) is 0 Å². The number of nitrogens with one attached hydrogen (secondary N) is 1. The van der Waals surface area contributed by atoms with Crippen LogP contribution >= 0.6 is 11.6 Å². The van der Waals surface area contributed by atoms with Gasteiger partial charge in [0.25, 0.3) is 0 Å². The van der Waals surface area contributed by atoms with E-state index in [0.717, 1.165) is 6.26 Å². The van der Waals surface area contributed by atoms with Crippen molar-refractivity contribution in [3.05, 3.63) is 17.0 Å². The first kappa shape index (κ1) is 16.0. The second kappa shape index (κ2) is 5.91. The Morgan fingerprint density at radius 2 is 2.00 bits per heavy atom. The third kappa shape index (κ3) is 6.06. The summed E-state index contributed by atoms with van der Waals surface area (Å²) in [7, 11) is -3.10. The van der Waals surface area contributed by atoms with Crippen LogP contribution in [0.1, 0.15) is 12.1 Å². The van der Waals surface area contributed by atoms with E-state index in [1.165, 1.54) is 0 Å². The summed E-state index contributed by atoms with van der Waals surface area (Å²) in [5.41, 5.74) is -1.15. The van der Waals surface area contributed by atoms with E-state index in [9.17, 15) is 21.6 Å². The molecule has 0 aliphatic heterocycles. The van der Waals surface area contributed by atoms with E-state index in [1.54, 1.807) is 0 Å². The van der Waals surface area contributed by atoms with Crippen LogP contribution in [0.15, 0.2) is 6.07 Å². The van der Waals surface area contributed by atoms with Gasteiger partial charge in [0.2, 0.25) is 5.28 Å². The van der Waals surface area contributed by atoms with Crippen molar-refractivity contribution in [3.8, 4) is 0 Å². The maximum Gasteiger partial charge on any atom is 0.433 e. The van der Waals surface area contributed by atoms with Crippen molar-refractivity contribution >= 4 is 27.3 Å². The predicted octanol–water partition coefficient (Wildman–Crippen LogP) is 2.00. The van der Waals surface area contributed by atoms with Gasteiger partial charge in [0, 0.05) is 18.9 Å². The second-order valence-electron chi connectivity index (χ2n) is 3.82. The molecule has 0 fully saturated rings. The standard InChI is InChI=1S/C9H11ClF3N3O2S/c1-19(17,18)4-2-3-14-7-5-6(9(11,12)13)15-8(10)16-7/h5H,2-4H2,1H3,(H,14,15,16). The van der Waals surface area contributed by atoms with E-state index < -0.39 is 27.0 Å². The third-order valence-corrected chi connectivity index (χ3v) is 3.19. The topological polar surface area (TPSA) is 72.0 Å². The van der Waals surface area contributed by atoms with E-state index in [1.807, 2.05) is 0 Å². The van der Waals surface area contributed by atoms with Crippen LogP contribution in [0.2, 0.25) is 5.28 Å². The lowest BCUT2D eigenvalue weighted by Crippen LogP contribution is -2.13. The number of alkyl halides is 3. The van der Waals surface area contributed by atoms with Gasteiger partial charge in [-0.1, -0.05) is 0 Å². The van der Waals surface area contributed by atoms with Gasteiger partial charge < -0.3 is 5.32 Å². The quantitative estimate of drug-likeness (QED) is 0.664. The van der Waals surface area contributed by atoms with Crippen molar-refractivity contribution in [1.29, 1.82) is 0 Å². The third-order valence-electron chi connectivity index (χ3n) is 1.99. The average Bonchev–Trinajstić information content (AvgIpc) is 2.21. The molecule has 0 spiro atoms. The summed E-state index contributed by atoms with van der Waals surface area (Å²) in [5, 5.41) is 2.04. The summed E-state index contributed by atoms with van der Waals surface area (Å²) in [5.74, 6) is -0.161. The van der Waals surface area contributed by atoms with Gasteiger partial charge in [-0.3, -0.25) is 0 Å². The Hall–Kier alpha value is -1.09. The predicted molar refractivity (Wildman–Crippen MR) is 64.9 cm³/mol. The van der Waals surface area contributed by atoms with Crippen molar-refractivity contribution in [1.82, 2.24) is 9.97 Å². The molecule has 0 aromatic carbocycles. The van der Waals surface area contributed by atoms with Crippen LogP contribution in [-0.4, -0.2) is 36.9 Å². The lowest BCUT2D eigenvalue weighted by atomic mass is 10.3. The van der Waals surface area contributed by atoms with Crippen molar-refractivity contribution in [2.75, 3.05) is 23.9 Å². The molecule has 108 valence electrons. The molecule has 0 aliphatic rings. The summed E-state index contributed by atoms with van der Waals surface area (Å²) < 4.78 is 59.0. The molecule has 1 rings (SSSR count). The first-order chi connectivity index (χ1) is 8.58. The number of nitrogens with zero attached hydrogens (tertiary/aromatic N) is 2. The zero-order valence-corrected chi connectivity index (χ0v) is 11.4. The smallest absolute Gasteiger partial charge is 0.370 e. The number of halogens is 4. The van der Waals surface area contributed by atoms with Gasteiger partial charge in [0.15, 0.2) is 5.69 Å². The molecule has 10 heteroatoms. The number of sulfone groups is 1. The molecule has 0 bridgehead atoms. The van der Waals surface area contributed by atoms with E-state index >= 15 is 0 Å². The van der Waals surface area contributed by atoms with Crippen LogP contribution in [0, 0.1) is 0 Å². The molecule has 1 aromatic rings. The van der Waals surface area contributed by atoms with Crippen LogP contribution < -0.4 is 5.32 Å². The highest BCUT2D eigenvalue weighted by atomic mass is 35.5. The molecular weight excluding hydrogens is 307 g/mol. The summed E-state index contributed by atoms with van der Waals surface area (Å²) in [6, 6.07) is 0.715. The number of aromatic nitrogens is 2. The molecule has 0 saturated carbocycles. The van der Waals surface area contributed by atoms with Gasteiger partial charge in [0.05, 0.1) is 5.75 Å². The van der Waals surface area contributed by atoms with Gasteiger partial charge >= 0.3 is 6.18 Å². The lowest BCUT2D eigenvalue weighted by Gasteiger charge is -2.09. The highest BCUT2D eigenvalue weighted by Gasteiger charge is 2.33. The minimum Gasteiger partial charge on any atom is -0.370 e. The van der Waals surface area contributed by atoms with Crippen LogP contribution in [0.4, 0.5) is 19.0 Å². The highest BCUT2D eigenvalue weighted by Crippen LogP contribution is 2.29. The zero-order valence-electron chi connectivity index (χ0n) is 9.83. The number of hydrogen-bond donors (Lipinski definition) is 1. The fourth-order valence-corrected chi connectivity index (χ4v) is 2.06. The summed E-state index contributed by atoms with van der Waals surface area (Å²) in [4.78, 5) is 6.64. The molecule has 0 unspecified atom stereocenters. The Bertz CT molecular complexity index is 548. The monoisotopic (exact) mass is 317 g/mol. The molecule has 0 saturated heterocycles. The van der Waals surface area contributed by atoms with E-state index in [-0.39, 0.29) is 24.5 Å². The molecule has 19 heavy (non-hydrogen) atoms. The summed E-state index contributed by atoms with van der Waals surface area (Å²) in [6.07, 6.45) is -3.28. The van der Waals surface area contributed by atoms with Crippen molar-refractivity contribution < 1.29 is 21.6 Å².